The first kappa shape index (κ1) is 13.4. The zero-order valence-corrected chi connectivity index (χ0v) is 10.0. The van der Waals surface area contributed by atoms with Gasteiger partial charge < -0.3 is 10.6 Å². The lowest BCUT2D eigenvalue weighted by Crippen LogP contribution is -2.56. The van der Waals surface area contributed by atoms with E-state index in [1.54, 1.807) is 0 Å². The van der Waals surface area contributed by atoms with Crippen LogP contribution >= 0.6 is 0 Å². The number of hydrogen-bond donors (Lipinski definition) is 1. The summed E-state index contributed by atoms with van der Waals surface area (Å²) in [6, 6.07) is -0.564. The zero-order valence-electron chi connectivity index (χ0n) is 10.0. The van der Waals surface area contributed by atoms with Gasteiger partial charge in [0.2, 0.25) is 5.91 Å². The van der Waals surface area contributed by atoms with Gasteiger partial charge >= 0.3 is 0 Å². The fraction of sp³-hybridized carbons (Fsp3) is 0.909. The maximum Gasteiger partial charge on any atom is 0.256 e. The van der Waals surface area contributed by atoms with Crippen molar-refractivity contribution in [2.75, 3.05) is 13.1 Å². The van der Waals surface area contributed by atoms with Crippen molar-refractivity contribution in [2.24, 2.45) is 17.6 Å². The Hall–Kier alpha value is -0.710. The molecule has 1 rings (SSSR count). The van der Waals surface area contributed by atoms with Crippen LogP contribution in [0.3, 0.4) is 0 Å². The fourth-order valence-corrected chi connectivity index (χ4v) is 2.05. The average Bonchev–Trinajstić information content (AvgIpc) is 2.23. The van der Waals surface area contributed by atoms with Crippen LogP contribution in [0.15, 0.2) is 0 Å². The molecule has 3 atom stereocenters. The van der Waals surface area contributed by atoms with E-state index < -0.39 is 23.8 Å². The van der Waals surface area contributed by atoms with E-state index in [9.17, 15) is 13.6 Å². The molecule has 0 aliphatic carbocycles. The van der Waals surface area contributed by atoms with Crippen LogP contribution in [0.2, 0.25) is 0 Å². The number of halogens is 2. The molecule has 0 spiro atoms. The third kappa shape index (κ3) is 2.34. The summed E-state index contributed by atoms with van der Waals surface area (Å²) in [7, 11) is 0. The molecule has 0 aromatic heterocycles. The molecule has 1 aliphatic heterocycles. The molecule has 0 radical (unpaired) electrons. The molecule has 2 N–H and O–H groups in total. The van der Waals surface area contributed by atoms with Crippen LogP contribution in [0, 0.1) is 11.8 Å². The number of amides is 1. The van der Waals surface area contributed by atoms with Gasteiger partial charge in [-0.1, -0.05) is 20.8 Å². The fourth-order valence-electron chi connectivity index (χ4n) is 2.05. The summed E-state index contributed by atoms with van der Waals surface area (Å²) in [5.74, 6) is -4.50. The molecule has 3 nitrogen and oxygen atoms in total. The van der Waals surface area contributed by atoms with E-state index in [0.717, 1.165) is 0 Å². The molecule has 0 bridgehead atoms. The second-order valence-electron chi connectivity index (χ2n) is 4.73. The van der Waals surface area contributed by atoms with E-state index in [1.165, 1.54) is 18.7 Å². The molecule has 94 valence electrons. The van der Waals surface area contributed by atoms with Gasteiger partial charge in [0.05, 0.1) is 6.04 Å². The van der Waals surface area contributed by atoms with Gasteiger partial charge in [-0.15, -0.1) is 0 Å². The summed E-state index contributed by atoms with van der Waals surface area (Å²) in [5, 5.41) is 0. The molecule has 1 amide bonds. The Balaban J connectivity index is 2.71. The summed E-state index contributed by atoms with van der Waals surface area (Å²) >= 11 is 0. The number of likely N-dealkylation sites (tertiary alicyclic amines) is 1. The molecule has 1 heterocycles. The van der Waals surface area contributed by atoms with E-state index in [0.29, 0.717) is 6.42 Å². The summed E-state index contributed by atoms with van der Waals surface area (Å²) in [5.41, 5.74) is 5.63. The van der Waals surface area contributed by atoms with Gasteiger partial charge in [-0.2, -0.15) is 0 Å². The van der Waals surface area contributed by atoms with E-state index in [4.69, 9.17) is 5.73 Å². The third-order valence-corrected chi connectivity index (χ3v) is 3.37. The van der Waals surface area contributed by atoms with Crippen molar-refractivity contribution in [1.29, 1.82) is 0 Å². The number of carbonyl (C=O) groups excluding carboxylic acids is 1. The molecule has 1 fully saturated rings. The highest BCUT2D eigenvalue weighted by atomic mass is 19.3. The van der Waals surface area contributed by atoms with Gasteiger partial charge in [0.1, 0.15) is 0 Å². The van der Waals surface area contributed by atoms with Crippen LogP contribution in [0.25, 0.3) is 0 Å². The van der Waals surface area contributed by atoms with Gasteiger partial charge in [0.15, 0.2) is 0 Å². The minimum absolute atomic E-state index is 0.101. The molecule has 0 saturated carbocycles. The lowest BCUT2D eigenvalue weighted by atomic mass is 9.87. The van der Waals surface area contributed by atoms with Crippen LogP contribution in [-0.2, 0) is 4.79 Å². The smallest absolute Gasteiger partial charge is 0.256 e. The summed E-state index contributed by atoms with van der Waals surface area (Å²) in [4.78, 5) is 13.3. The number of rotatable bonds is 2. The third-order valence-electron chi connectivity index (χ3n) is 3.37. The van der Waals surface area contributed by atoms with Crippen LogP contribution in [0.1, 0.15) is 27.2 Å². The molecule has 0 unspecified atom stereocenters. The van der Waals surface area contributed by atoms with E-state index in [-0.39, 0.29) is 19.0 Å². The predicted octanol–water partition coefficient (Wildman–Crippen LogP) is 1.47. The predicted molar refractivity (Wildman–Crippen MR) is 58.1 cm³/mol. The number of alkyl halides is 2. The van der Waals surface area contributed by atoms with Crippen LogP contribution in [0.4, 0.5) is 8.78 Å². The standard InChI is InChI=1S/C11H20F2N2O/c1-4-9(14)10(16)15-5-7(2)11(12,13)8(3)6-15/h7-9H,4-6,14H2,1-3H3/t7-,8+,9-/m0/s1. The van der Waals surface area contributed by atoms with Crippen LogP contribution in [0.5, 0.6) is 0 Å². The molecule has 1 aliphatic rings. The Kier molecular flexibility index (Phi) is 3.88. The Labute approximate surface area is 95.0 Å². The first-order chi connectivity index (χ1) is 7.30. The first-order valence-electron chi connectivity index (χ1n) is 5.72. The highest BCUT2D eigenvalue weighted by molar-refractivity contribution is 5.81. The normalized spacial score (nSPS) is 31.2. The lowest BCUT2D eigenvalue weighted by molar-refractivity contribution is -0.159. The van der Waals surface area contributed by atoms with Crippen LogP contribution < -0.4 is 5.73 Å². The first-order valence-corrected chi connectivity index (χ1v) is 5.72. The minimum atomic E-state index is -2.69. The van der Waals surface area contributed by atoms with Crippen molar-refractivity contribution in [1.82, 2.24) is 4.90 Å². The number of carbonyl (C=O) groups is 1. The molecule has 16 heavy (non-hydrogen) atoms. The van der Waals surface area contributed by atoms with Crippen LogP contribution in [-0.4, -0.2) is 35.9 Å². The molecular formula is C11H20F2N2O. The zero-order chi connectivity index (χ0) is 12.5. The molecular weight excluding hydrogens is 214 g/mol. The van der Waals surface area contributed by atoms with Crippen molar-refractivity contribution in [3.05, 3.63) is 0 Å². The number of nitrogens with two attached hydrogens (primary N) is 1. The summed E-state index contributed by atoms with van der Waals surface area (Å²) in [6.07, 6.45) is 0.536. The van der Waals surface area contributed by atoms with Gasteiger partial charge in [-0.3, -0.25) is 4.79 Å². The number of piperidine rings is 1. The highest BCUT2D eigenvalue weighted by Gasteiger charge is 2.48. The molecule has 0 aromatic rings. The maximum atomic E-state index is 13.5. The monoisotopic (exact) mass is 234 g/mol. The van der Waals surface area contributed by atoms with Crippen molar-refractivity contribution in [3.63, 3.8) is 0 Å². The topological polar surface area (TPSA) is 46.3 Å². The van der Waals surface area contributed by atoms with Crippen molar-refractivity contribution in [3.8, 4) is 0 Å². The van der Waals surface area contributed by atoms with Gasteiger partial charge in [0.25, 0.3) is 5.92 Å². The maximum absolute atomic E-state index is 13.5. The van der Waals surface area contributed by atoms with E-state index in [1.807, 2.05) is 6.92 Å². The molecule has 5 heteroatoms. The van der Waals surface area contributed by atoms with Gasteiger partial charge in [-0.05, 0) is 6.42 Å². The van der Waals surface area contributed by atoms with Crippen molar-refractivity contribution >= 4 is 5.91 Å². The number of hydrogen-bond acceptors (Lipinski definition) is 2. The molecule has 0 aromatic carbocycles. The van der Waals surface area contributed by atoms with Gasteiger partial charge in [0, 0.05) is 24.9 Å². The molecule has 1 saturated heterocycles. The Morgan fingerprint density at radius 1 is 1.44 bits per heavy atom. The SMILES string of the molecule is CC[C@H](N)C(=O)N1C[C@@H](C)C(F)(F)[C@@H](C)C1. The van der Waals surface area contributed by atoms with Gasteiger partial charge in [-0.25, -0.2) is 8.78 Å². The van der Waals surface area contributed by atoms with Crippen molar-refractivity contribution < 1.29 is 13.6 Å². The second-order valence-corrected chi connectivity index (χ2v) is 4.73. The Bertz CT molecular complexity index is 257. The Morgan fingerprint density at radius 3 is 2.25 bits per heavy atom. The number of nitrogens with zero attached hydrogens (tertiary/aromatic N) is 1. The largest absolute Gasteiger partial charge is 0.340 e. The summed E-state index contributed by atoms with van der Waals surface area (Å²) in [6.45, 7) is 4.97. The van der Waals surface area contributed by atoms with E-state index >= 15 is 0 Å². The second kappa shape index (κ2) is 4.65. The highest BCUT2D eigenvalue weighted by Crippen LogP contribution is 2.37. The minimum Gasteiger partial charge on any atom is -0.340 e. The lowest BCUT2D eigenvalue weighted by Gasteiger charge is -2.41. The van der Waals surface area contributed by atoms with E-state index in [2.05, 4.69) is 0 Å². The van der Waals surface area contributed by atoms with Crippen molar-refractivity contribution in [2.45, 2.75) is 39.2 Å². The average molecular weight is 234 g/mol. The Morgan fingerprint density at radius 2 is 1.88 bits per heavy atom. The summed E-state index contributed by atoms with van der Waals surface area (Å²) < 4.78 is 27.1. The quantitative estimate of drug-likeness (QED) is 0.786.